The molecule has 9 heavy (non-hydrogen) atoms. The number of hydrogen-bond acceptors (Lipinski definition) is 1. The lowest BCUT2D eigenvalue weighted by Gasteiger charge is -2.17. The molecule has 2 aliphatic rings. The maximum absolute atomic E-state index is 9.40. The fraction of sp³-hybridized carbons (Fsp3) is 1.00. The Bertz CT molecular complexity index is 109. The van der Waals surface area contributed by atoms with Crippen LogP contribution in [0.5, 0.6) is 0 Å². The highest BCUT2D eigenvalue weighted by molar-refractivity contribution is 4.86. The number of aliphatic hydroxyl groups is 1. The van der Waals surface area contributed by atoms with Gasteiger partial charge in [-0.3, -0.25) is 0 Å². The molecule has 0 saturated heterocycles. The Morgan fingerprint density at radius 3 is 2.67 bits per heavy atom. The van der Waals surface area contributed by atoms with Crippen LogP contribution in [0.2, 0.25) is 0 Å². The van der Waals surface area contributed by atoms with Crippen molar-refractivity contribution in [2.24, 2.45) is 11.8 Å². The van der Waals surface area contributed by atoms with Crippen molar-refractivity contribution in [3.8, 4) is 0 Å². The highest BCUT2D eigenvalue weighted by Crippen LogP contribution is 2.41. The lowest BCUT2D eigenvalue weighted by atomic mass is 9.89. The fourth-order valence-electron chi connectivity index (χ4n) is 2.43. The third-order valence-electron chi connectivity index (χ3n) is 2.94. The minimum atomic E-state index is 0.0671. The van der Waals surface area contributed by atoms with Crippen molar-refractivity contribution in [2.75, 3.05) is 0 Å². The van der Waals surface area contributed by atoms with Crippen molar-refractivity contribution >= 4 is 0 Å². The smallest absolute Gasteiger partial charge is 0.0571 e. The number of aliphatic hydroxyl groups excluding tert-OH is 1. The third-order valence-corrected chi connectivity index (χ3v) is 2.94. The van der Waals surface area contributed by atoms with Crippen LogP contribution >= 0.6 is 0 Å². The van der Waals surface area contributed by atoms with E-state index in [0.29, 0.717) is 5.92 Å². The van der Waals surface area contributed by atoms with Gasteiger partial charge in [-0.2, -0.15) is 0 Å². The van der Waals surface area contributed by atoms with Gasteiger partial charge in [-0.15, -0.1) is 0 Å². The first kappa shape index (κ1) is 5.72. The number of rotatable bonds is 0. The van der Waals surface area contributed by atoms with E-state index in [9.17, 15) is 5.11 Å². The van der Waals surface area contributed by atoms with Crippen LogP contribution in [0.4, 0.5) is 0 Å². The van der Waals surface area contributed by atoms with Gasteiger partial charge in [0.2, 0.25) is 0 Å². The fourth-order valence-corrected chi connectivity index (χ4v) is 2.43. The molecule has 2 fully saturated rings. The van der Waals surface area contributed by atoms with E-state index in [1.165, 1.54) is 25.7 Å². The van der Waals surface area contributed by atoms with Gasteiger partial charge < -0.3 is 5.11 Å². The first-order valence-corrected chi connectivity index (χ1v) is 4.04. The molecular formula is C8H14O. The summed E-state index contributed by atoms with van der Waals surface area (Å²) in [6.45, 7) is 0. The van der Waals surface area contributed by atoms with Crippen LogP contribution < -0.4 is 0 Å². The van der Waals surface area contributed by atoms with Crippen LogP contribution in [0, 0.1) is 11.8 Å². The second-order valence-corrected chi connectivity index (χ2v) is 3.60. The van der Waals surface area contributed by atoms with Gasteiger partial charge in [0.1, 0.15) is 0 Å². The van der Waals surface area contributed by atoms with Gasteiger partial charge >= 0.3 is 0 Å². The summed E-state index contributed by atoms with van der Waals surface area (Å²) in [6, 6.07) is 0. The van der Waals surface area contributed by atoms with Gasteiger partial charge in [0.25, 0.3) is 0 Å². The Morgan fingerprint density at radius 2 is 2.00 bits per heavy atom. The van der Waals surface area contributed by atoms with Crippen molar-refractivity contribution in [1.29, 1.82) is 0 Å². The van der Waals surface area contributed by atoms with Crippen molar-refractivity contribution in [3.05, 3.63) is 0 Å². The predicted octanol–water partition coefficient (Wildman–Crippen LogP) is 1.56. The quantitative estimate of drug-likeness (QED) is 0.522. The molecule has 0 amide bonds. The standard InChI is InChI=1S/C8H14O/c9-8-5-6-2-1-3-7(8)4-6/h6-9H,1-5H2/t6-,7-,8-/m0/s1. The Balaban J connectivity index is 2.07. The first-order valence-electron chi connectivity index (χ1n) is 4.04. The van der Waals surface area contributed by atoms with Gasteiger partial charge in [-0.25, -0.2) is 0 Å². The molecule has 0 radical (unpaired) electrons. The number of hydrogen-bond donors (Lipinski definition) is 1. The summed E-state index contributed by atoms with van der Waals surface area (Å²) >= 11 is 0. The van der Waals surface area contributed by atoms with E-state index >= 15 is 0 Å². The molecule has 0 heterocycles. The van der Waals surface area contributed by atoms with Crippen molar-refractivity contribution in [3.63, 3.8) is 0 Å². The average Bonchev–Trinajstić information content (AvgIpc) is 2.09. The molecule has 0 spiro atoms. The molecule has 1 N–H and O–H groups in total. The lowest BCUT2D eigenvalue weighted by Crippen LogP contribution is -2.12. The zero-order valence-electron chi connectivity index (χ0n) is 5.71. The molecule has 0 aliphatic heterocycles. The molecule has 2 rings (SSSR count). The molecule has 52 valence electrons. The van der Waals surface area contributed by atoms with E-state index in [2.05, 4.69) is 0 Å². The zero-order valence-corrected chi connectivity index (χ0v) is 5.71. The topological polar surface area (TPSA) is 20.2 Å². The van der Waals surface area contributed by atoms with Gasteiger partial charge in [0.15, 0.2) is 0 Å². The average molecular weight is 126 g/mol. The van der Waals surface area contributed by atoms with Crippen LogP contribution in [0.3, 0.4) is 0 Å². The Labute approximate surface area is 56.1 Å². The third kappa shape index (κ3) is 0.877. The van der Waals surface area contributed by atoms with Crippen LogP contribution in [-0.4, -0.2) is 11.2 Å². The summed E-state index contributed by atoms with van der Waals surface area (Å²) in [5, 5.41) is 9.40. The summed E-state index contributed by atoms with van der Waals surface area (Å²) in [5.74, 6) is 1.57. The largest absolute Gasteiger partial charge is 0.393 e. The highest BCUT2D eigenvalue weighted by Gasteiger charge is 2.35. The molecule has 0 aromatic rings. The molecule has 3 atom stereocenters. The molecule has 2 saturated carbocycles. The minimum absolute atomic E-state index is 0.0671. The summed E-state index contributed by atoms with van der Waals surface area (Å²) < 4.78 is 0. The second-order valence-electron chi connectivity index (χ2n) is 3.60. The summed E-state index contributed by atoms with van der Waals surface area (Å²) in [4.78, 5) is 0. The van der Waals surface area contributed by atoms with E-state index in [1.54, 1.807) is 0 Å². The minimum Gasteiger partial charge on any atom is -0.393 e. The van der Waals surface area contributed by atoms with Crippen LogP contribution in [0.25, 0.3) is 0 Å². The van der Waals surface area contributed by atoms with Crippen LogP contribution in [0.1, 0.15) is 32.1 Å². The molecule has 0 aromatic carbocycles. The predicted molar refractivity (Wildman–Crippen MR) is 36.1 cm³/mol. The molecule has 1 heteroatoms. The van der Waals surface area contributed by atoms with Crippen LogP contribution in [0.15, 0.2) is 0 Å². The monoisotopic (exact) mass is 126 g/mol. The maximum Gasteiger partial charge on any atom is 0.0571 e. The molecule has 0 aromatic heterocycles. The molecule has 2 bridgehead atoms. The van der Waals surface area contributed by atoms with Crippen molar-refractivity contribution in [1.82, 2.24) is 0 Å². The maximum atomic E-state index is 9.40. The molecule has 1 nitrogen and oxygen atoms in total. The summed E-state index contributed by atoms with van der Waals surface area (Å²) in [6.07, 6.45) is 6.53. The van der Waals surface area contributed by atoms with Gasteiger partial charge in [-0.1, -0.05) is 12.8 Å². The van der Waals surface area contributed by atoms with E-state index in [-0.39, 0.29) is 6.10 Å². The Hall–Kier alpha value is -0.0400. The first-order chi connectivity index (χ1) is 4.36. The van der Waals surface area contributed by atoms with E-state index in [0.717, 1.165) is 12.3 Å². The van der Waals surface area contributed by atoms with Crippen molar-refractivity contribution < 1.29 is 5.11 Å². The van der Waals surface area contributed by atoms with Gasteiger partial charge in [0, 0.05) is 0 Å². The number of fused-ring (bicyclic) bond motifs is 2. The molecule has 0 unspecified atom stereocenters. The lowest BCUT2D eigenvalue weighted by molar-refractivity contribution is 0.129. The second kappa shape index (κ2) is 1.98. The molecular weight excluding hydrogens is 112 g/mol. The van der Waals surface area contributed by atoms with Gasteiger partial charge in [0.05, 0.1) is 6.10 Å². The van der Waals surface area contributed by atoms with E-state index < -0.39 is 0 Å². The summed E-state index contributed by atoms with van der Waals surface area (Å²) in [7, 11) is 0. The van der Waals surface area contributed by atoms with Crippen LogP contribution in [-0.2, 0) is 0 Å². The Morgan fingerprint density at radius 1 is 1.11 bits per heavy atom. The highest BCUT2D eigenvalue weighted by atomic mass is 16.3. The molecule has 2 aliphatic carbocycles. The Kier molecular flexibility index (Phi) is 1.26. The van der Waals surface area contributed by atoms with Crippen molar-refractivity contribution in [2.45, 2.75) is 38.2 Å². The normalized spacial score (nSPS) is 49.7. The zero-order chi connectivity index (χ0) is 6.27. The van der Waals surface area contributed by atoms with E-state index in [4.69, 9.17) is 0 Å². The van der Waals surface area contributed by atoms with Gasteiger partial charge in [-0.05, 0) is 31.1 Å². The van der Waals surface area contributed by atoms with E-state index in [1.807, 2.05) is 0 Å². The SMILES string of the molecule is O[C@H]1C[C@H]2CCC[C@H]1C2. The summed E-state index contributed by atoms with van der Waals surface area (Å²) in [5.41, 5.74) is 0.